The predicted molar refractivity (Wildman–Crippen MR) is 106 cm³/mol. The number of carbonyl (C=O) groups excluding carboxylic acids is 1. The van der Waals surface area contributed by atoms with Crippen LogP contribution in [0, 0.1) is 3.57 Å². The van der Waals surface area contributed by atoms with Crippen molar-refractivity contribution in [2.45, 2.75) is 18.9 Å². The van der Waals surface area contributed by atoms with Gasteiger partial charge in [-0.25, -0.2) is 0 Å². The van der Waals surface area contributed by atoms with E-state index >= 15 is 0 Å². The molecule has 1 saturated heterocycles. The van der Waals surface area contributed by atoms with Crippen molar-refractivity contribution < 1.29 is 9.53 Å². The lowest BCUT2D eigenvalue weighted by atomic mass is 10.1. The van der Waals surface area contributed by atoms with Crippen LogP contribution < -0.4 is 10.2 Å². The zero-order valence-corrected chi connectivity index (χ0v) is 15.8. The number of ether oxygens (including phenoxy) is 1. The molecule has 1 N–H and O–H groups in total. The van der Waals surface area contributed by atoms with E-state index in [1.165, 1.54) is 5.69 Å². The van der Waals surface area contributed by atoms with Crippen molar-refractivity contribution in [1.29, 1.82) is 0 Å². The van der Waals surface area contributed by atoms with Crippen molar-refractivity contribution in [2.24, 2.45) is 0 Å². The molecule has 5 heteroatoms. The molecule has 4 nitrogen and oxygen atoms in total. The number of halogens is 1. The van der Waals surface area contributed by atoms with Gasteiger partial charge >= 0.3 is 0 Å². The third-order valence-electron chi connectivity index (χ3n) is 4.31. The van der Waals surface area contributed by atoms with E-state index in [4.69, 9.17) is 4.74 Å². The number of amides is 1. The summed E-state index contributed by atoms with van der Waals surface area (Å²) in [4.78, 5) is 14.6. The van der Waals surface area contributed by atoms with Crippen molar-refractivity contribution in [3.05, 3.63) is 57.7 Å². The van der Waals surface area contributed by atoms with Gasteiger partial charge in [-0.05, 0) is 84.0 Å². The Kier molecular flexibility index (Phi) is 5.73. The van der Waals surface area contributed by atoms with Crippen LogP contribution in [0.4, 0.5) is 11.4 Å². The number of hydrogen-bond donors (Lipinski definition) is 1. The first-order valence-electron chi connectivity index (χ1n) is 8.10. The number of piperidine rings is 1. The van der Waals surface area contributed by atoms with Crippen molar-refractivity contribution >= 4 is 39.9 Å². The molecule has 1 aliphatic rings. The second-order valence-corrected chi connectivity index (χ2v) is 7.20. The van der Waals surface area contributed by atoms with Crippen molar-refractivity contribution in [3.8, 4) is 0 Å². The fourth-order valence-corrected chi connectivity index (χ4v) is 3.28. The lowest BCUT2D eigenvalue weighted by molar-refractivity contribution is 0.0893. The molecule has 0 spiro atoms. The van der Waals surface area contributed by atoms with E-state index in [-0.39, 0.29) is 5.91 Å². The lowest BCUT2D eigenvalue weighted by Gasteiger charge is -2.33. The topological polar surface area (TPSA) is 41.6 Å². The number of hydrogen-bond acceptors (Lipinski definition) is 3. The van der Waals surface area contributed by atoms with Crippen molar-refractivity contribution in [3.63, 3.8) is 0 Å². The van der Waals surface area contributed by atoms with E-state index in [0.717, 1.165) is 35.2 Å². The van der Waals surface area contributed by atoms with E-state index in [2.05, 4.69) is 44.9 Å². The van der Waals surface area contributed by atoms with Crippen molar-refractivity contribution in [1.82, 2.24) is 0 Å². The second kappa shape index (κ2) is 7.98. The molecule has 0 saturated carbocycles. The molecular weight excluding hydrogens is 415 g/mol. The van der Waals surface area contributed by atoms with Gasteiger partial charge in [0.25, 0.3) is 5.91 Å². The van der Waals surface area contributed by atoms with E-state index in [9.17, 15) is 4.79 Å². The Labute approximate surface area is 156 Å². The Bertz CT molecular complexity index is 686. The molecule has 126 valence electrons. The molecule has 1 aliphatic heterocycles. The first-order valence-corrected chi connectivity index (χ1v) is 9.18. The summed E-state index contributed by atoms with van der Waals surface area (Å²) in [5.74, 6) is -0.0865. The number of carbonyl (C=O) groups is 1. The maximum absolute atomic E-state index is 12.3. The zero-order chi connectivity index (χ0) is 16.9. The summed E-state index contributed by atoms with van der Waals surface area (Å²) in [6.07, 6.45) is 2.57. The van der Waals surface area contributed by atoms with Crippen LogP contribution in [0.3, 0.4) is 0 Å². The van der Waals surface area contributed by atoms with E-state index < -0.39 is 0 Å². The standard InChI is InChI=1S/C19H21IN2O2/c1-24-18-3-2-12-22(13-18)17-10-8-16(9-11-17)21-19(23)14-4-6-15(20)7-5-14/h4-11,18H,2-3,12-13H2,1H3,(H,21,23). The normalized spacial score (nSPS) is 17.6. The molecule has 2 aromatic carbocycles. The number of rotatable bonds is 4. The molecular formula is C19H21IN2O2. The Morgan fingerprint density at radius 2 is 1.88 bits per heavy atom. The maximum Gasteiger partial charge on any atom is 0.255 e. The van der Waals surface area contributed by atoms with Crippen LogP contribution in [0.1, 0.15) is 23.2 Å². The van der Waals surface area contributed by atoms with Crippen molar-refractivity contribution in [2.75, 3.05) is 30.4 Å². The van der Waals surface area contributed by atoms with Gasteiger partial charge in [0.2, 0.25) is 0 Å². The molecule has 2 aromatic rings. The van der Waals surface area contributed by atoms with Gasteiger partial charge in [-0.3, -0.25) is 4.79 Å². The van der Waals surface area contributed by atoms with Gasteiger partial charge in [0.15, 0.2) is 0 Å². The molecule has 0 aromatic heterocycles. The van der Waals surface area contributed by atoms with Gasteiger partial charge in [0, 0.05) is 40.7 Å². The molecule has 0 radical (unpaired) electrons. The minimum absolute atomic E-state index is 0.0865. The molecule has 0 aliphatic carbocycles. The third kappa shape index (κ3) is 4.27. The quantitative estimate of drug-likeness (QED) is 0.733. The van der Waals surface area contributed by atoms with E-state index in [1.54, 1.807) is 7.11 Å². The summed E-state index contributed by atoms with van der Waals surface area (Å²) in [6, 6.07) is 15.6. The van der Waals surface area contributed by atoms with Gasteiger partial charge in [0.05, 0.1) is 6.10 Å². The van der Waals surface area contributed by atoms with Gasteiger partial charge in [0.1, 0.15) is 0 Å². The van der Waals surface area contributed by atoms with Gasteiger partial charge in [-0.1, -0.05) is 0 Å². The Balaban J connectivity index is 1.64. The molecule has 1 atom stereocenters. The highest BCUT2D eigenvalue weighted by Crippen LogP contribution is 2.23. The largest absolute Gasteiger partial charge is 0.380 e. The summed E-state index contributed by atoms with van der Waals surface area (Å²) in [6.45, 7) is 1.97. The Morgan fingerprint density at radius 3 is 2.54 bits per heavy atom. The van der Waals surface area contributed by atoms with Gasteiger partial charge in [-0.15, -0.1) is 0 Å². The highest BCUT2D eigenvalue weighted by Gasteiger charge is 2.19. The third-order valence-corrected chi connectivity index (χ3v) is 5.03. The smallest absolute Gasteiger partial charge is 0.255 e. The minimum Gasteiger partial charge on any atom is -0.380 e. The number of nitrogens with one attached hydrogen (secondary N) is 1. The fraction of sp³-hybridized carbons (Fsp3) is 0.316. The van der Waals surface area contributed by atoms with E-state index in [1.807, 2.05) is 36.4 Å². The zero-order valence-electron chi connectivity index (χ0n) is 13.7. The highest BCUT2D eigenvalue weighted by molar-refractivity contribution is 14.1. The number of methoxy groups -OCH3 is 1. The second-order valence-electron chi connectivity index (χ2n) is 5.95. The van der Waals surface area contributed by atoms with Crippen LogP contribution in [-0.2, 0) is 4.74 Å². The molecule has 3 rings (SSSR count). The molecule has 1 amide bonds. The predicted octanol–water partition coefficient (Wildman–Crippen LogP) is 4.16. The Hall–Kier alpha value is -1.60. The number of benzene rings is 2. The summed E-state index contributed by atoms with van der Waals surface area (Å²) in [5.41, 5.74) is 2.64. The van der Waals surface area contributed by atoms with E-state index in [0.29, 0.717) is 11.7 Å². The molecule has 24 heavy (non-hydrogen) atoms. The van der Waals surface area contributed by atoms with Crippen LogP contribution >= 0.6 is 22.6 Å². The Morgan fingerprint density at radius 1 is 1.17 bits per heavy atom. The summed E-state index contributed by atoms with van der Waals surface area (Å²) >= 11 is 2.23. The lowest BCUT2D eigenvalue weighted by Crippen LogP contribution is -2.39. The molecule has 0 bridgehead atoms. The molecule has 1 heterocycles. The highest BCUT2D eigenvalue weighted by atomic mass is 127. The summed E-state index contributed by atoms with van der Waals surface area (Å²) < 4.78 is 6.59. The average Bonchev–Trinajstić information content (AvgIpc) is 2.63. The minimum atomic E-state index is -0.0865. The number of nitrogens with zero attached hydrogens (tertiary/aromatic N) is 1. The maximum atomic E-state index is 12.3. The van der Waals surface area contributed by atoms with Gasteiger partial charge in [-0.2, -0.15) is 0 Å². The first kappa shape index (κ1) is 17.2. The number of anilines is 2. The monoisotopic (exact) mass is 436 g/mol. The molecule has 1 fully saturated rings. The van der Waals surface area contributed by atoms with Crippen LogP contribution in [0.5, 0.6) is 0 Å². The van der Waals surface area contributed by atoms with Crippen LogP contribution in [0.2, 0.25) is 0 Å². The van der Waals surface area contributed by atoms with Crippen LogP contribution in [0.25, 0.3) is 0 Å². The SMILES string of the molecule is COC1CCCN(c2ccc(NC(=O)c3ccc(I)cc3)cc2)C1. The summed E-state index contributed by atoms with van der Waals surface area (Å²) in [7, 11) is 1.78. The van der Waals surface area contributed by atoms with Crippen LogP contribution in [0.15, 0.2) is 48.5 Å². The molecule has 1 unspecified atom stereocenters. The first-order chi connectivity index (χ1) is 11.7. The fourth-order valence-electron chi connectivity index (χ4n) is 2.93. The van der Waals surface area contributed by atoms with Gasteiger partial charge < -0.3 is 15.0 Å². The summed E-state index contributed by atoms with van der Waals surface area (Å²) in [5, 5.41) is 2.94. The average molecular weight is 436 g/mol. The van der Waals surface area contributed by atoms with Crippen LogP contribution in [-0.4, -0.2) is 32.2 Å².